The summed E-state index contributed by atoms with van der Waals surface area (Å²) in [7, 11) is 0. The summed E-state index contributed by atoms with van der Waals surface area (Å²) in [5.74, 6) is -10.6. The third-order valence-corrected chi connectivity index (χ3v) is 6.31. The molecule has 9 nitrogen and oxygen atoms in total. The van der Waals surface area contributed by atoms with E-state index in [4.69, 9.17) is 5.73 Å². The number of fused-ring (bicyclic) bond motifs is 3. The molecular formula is C20H19NO8. The molecule has 6 atom stereocenters. The number of phenolic OH excluding ortho intramolecular Hbond substituents is 1. The largest absolute Gasteiger partial charge is 0.511 e. The molecule has 0 bridgehead atoms. The first-order chi connectivity index (χ1) is 13.5. The zero-order chi connectivity index (χ0) is 21.4. The summed E-state index contributed by atoms with van der Waals surface area (Å²) in [6, 6.07) is 4.47. The van der Waals surface area contributed by atoms with Gasteiger partial charge in [0.25, 0.3) is 0 Å². The molecule has 0 aromatic heterocycles. The standard InChI is InChI=1S/C20H19NO8/c1-6-7-3-2-4-9(22)12(7)16(25)14-11(6)15(24)8-5-10(23)13(19(21)28)17(26)20(8,29)18(14)27/h2-6,8,11,13,15,22-25,29H,1H3,(H2,21,28)/t6?,8?,11?,13?,15?,20-/m1/s1. The Hall–Kier alpha value is -3.17. The van der Waals surface area contributed by atoms with Gasteiger partial charge in [0.15, 0.2) is 17.3 Å². The van der Waals surface area contributed by atoms with Crippen LogP contribution in [0.4, 0.5) is 0 Å². The summed E-state index contributed by atoms with van der Waals surface area (Å²) >= 11 is 0. The van der Waals surface area contributed by atoms with Crippen molar-refractivity contribution in [1.82, 2.24) is 0 Å². The van der Waals surface area contributed by atoms with E-state index < -0.39 is 69.9 Å². The lowest BCUT2D eigenvalue weighted by molar-refractivity contribution is -0.169. The number of benzene rings is 1. The second kappa shape index (κ2) is 5.91. The predicted molar refractivity (Wildman–Crippen MR) is 97.4 cm³/mol. The van der Waals surface area contributed by atoms with Crippen LogP contribution in [0.2, 0.25) is 0 Å². The molecule has 0 saturated heterocycles. The van der Waals surface area contributed by atoms with Crippen molar-refractivity contribution < 1.29 is 39.9 Å². The summed E-state index contributed by atoms with van der Waals surface area (Å²) in [6.07, 6.45) is -0.655. The van der Waals surface area contributed by atoms with E-state index in [0.29, 0.717) is 5.56 Å². The highest BCUT2D eigenvalue weighted by molar-refractivity contribution is 6.25. The van der Waals surface area contributed by atoms with Crippen LogP contribution < -0.4 is 5.73 Å². The molecule has 3 aliphatic carbocycles. The lowest BCUT2D eigenvalue weighted by Gasteiger charge is -2.49. The average molecular weight is 401 g/mol. The summed E-state index contributed by atoms with van der Waals surface area (Å²) in [6.45, 7) is 1.66. The van der Waals surface area contributed by atoms with Crippen molar-refractivity contribution in [3.63, 3.8) is 0 Å². The van der Waals surface area contributed by atoms with E-state index in [1.165, 1.54) is 6.07 Å². The van der Waals surface area contributed by atoms with Gasteiger partial charge in [-0.25, -0.2) is 0 Å². The number of ketones is 2. The second-order valence-corrected chi connectivity index (χ2v) is 7.72. The highest BCUT2D eigenvalue weighted by atomic mass is 16.3. The van der Waals surface area contributed by atoms with E-state index >= 15 is 0 Å². The first-order valence-corrected chi connectivity index (χ1v) is 8.98. The third-order valence-electron chi connectivity index (χ3n) is 6.31. The number of carbonyl (C=O) groups excluding carboxylic acids is 3. The number of rotatable bonds is 1. The van der Waals surface area contributed by atoms with Crippen molar-refractivity contribution in [1.29, 1.82) is 0 Å². The molecule has 1 aromatic rings. The monoisotopic (exact) mass is 401 g/mol. The van der Waals surface area contributed by atoms with Crippen LogP contribution in [0.3, 0.4) is 0 Å². The van der Waals surface area contributed by atoms with Crippen molar-refractivity contribution in [3.8, 4) is 5.75 Å². The number of Topliss-reactive ketones (excluding diaryl/α,β-unsaturated/α-hetero) is 2. The van der Waals surface area contributed by atoms with Crippen LogP contribution in [0, 0.1) is 17.8 Å². The summed E-state index contributed by atoms with van der Waals surface area (Å²) < 4.78 is 0. The van der Waals surface area contributed by atoms with Gasteiger partial charge in [-0.05, 0) is 23.6 Å². The molecule has 1 amide bonds. The van der Waals surface area contributed by atoms with Gasteiger partial charge in [0, 0.05) is 11.5 Å². The Morgan fingerprint density at radius 1 is 1.17 bits per heavy atom. The van der Waals surface area contributed by atoms with Crippen LogP contribution in [0.15, 0.2) is 35.6 Å². The molecule has 0 spiro atoms. The normalized spacial score (nSPS) is 36.1. The number of amides is 1. The Morgan fingerprint density at radius 2 is 1.83 bits per heavy atom. The second-order valence-electron chi connectivity index (χ2n) is 7.72. The SMILES string of the molecule is CC1c2cccc(O)c2C(O)=C2C(=O)[C@]3(O)C(=O)C(C(N)=O)C(O)=CC3C(O)C21. The number of primary amides is 1. The maximum atomic E-state index is 13.3. The van der Waals surface area contributed by atoms with Gasteiger partial charge in [-0.15, -0.1) is 0 Å². The Balaban J connectivity index is 1.99. The molecule has 152 valence electrons. The molecule has 1 aromatic carbocycles. The van der Waals surface area contributed by atoms with Crippen LogP contribution >= 0.6 is 0 Å². The molecule has 7 N–H and O–H groups in total. The highest BCUT2D eigenvalue weighted by Gasteiger charge is 2.66. The van der Waals surface area contributed by atoms with Crippen molar-refractivity contribution in [2.75, 3.05) is 0 Å². The molecule has 29 heavy (non-hydrogen) atoms. The Morgan fingerprint density at radius 3 is 2.45 bits per heavy atom. The number of hydrogen-bond donors (Lipinski definition) is 6. The summed E-state index contributed by atoms with van der Waals surface area (Å²) in [5, 5.41) is 53.1. The van der Waals surface area contributed by atoms with Crippen molar-refractivity contribution in [2.45, 2.75) is 24.5 Å². The zero-order valence-corrected chi connectivity index (χ0v) is 15.2. The van der Waals surface area contributed by atoms with Gasteiger partial charge in [0.05, 0.1) is 17.6 Å². The van der Waals surface area contributed by atoms with Gasteiger partial charge < -0.3 is 31.3 Å². The Bertz CT molecular complexity index is 1040. The fourth-order valence-corrected chi connectivity index (χ4v) is 4.89. The van der Waals surface area contributed by atoms with Gasteiger partial charge in [-0.2, -0.15) is 0 Å². The smallest absolute Gasteiger partial charge is 0.235 e. The third kappa shape index (κ3) is 2.19. The van der Waals surface area contributed by atoms with Crippen molar-refractivity contribution in [2.24, 2.45) is 23.5 Å². The van der Waals surface area contributed by atoms with Crippen LogP contribution in [0.5, 0.6) is 5.75 Å². The number of aromatic hydroxyl groups is 1. The van der Waals surface area contributed by atoms with E-state index in [-0.39, 0.29) is 11.3 Å². The fourth-order valence-electron chi connectivity index (χ4n) is 4.89. The maximum absolute atomic E-state index is 13.3. The molecular weight excluding hydrogens is 382 g/mol. The molecule has 5 unspecified atom stereocenters. The fraction of sp³-hybridized carbons (Fsp3) is 0.350. The molecule has 9 heteroatoms. The maximum Gasteiger partial charge on any atom is 0.235 e. The van der Waals surface area contributed by atoms with Gasteiger partial charge in [-0.1, -0.05) is 19.1 Å². The van der Waals surface area contributed by atoms with Gasteiger partial charge in [-0.3, -0.25) is 14.4 Å². The topological polar surface area (TPSA) is 178 Å². The minimum absolute atomic E-state index is 0.0260. The van der Waals surface area contributed by atoms with Crippen molar-refractivity contribution >= 4 is 23.2 Å². The highest BCUT2D eigenvalue weighted by Crippen LogP contribution is 2.54. The van der Waals surface area contributed by atoms with Crippen molar-refractivity contribution in [3.05, 3.63) is 46.7 Å². The summed E-state index contributed by atoms with van der Waals surface area (Å²) in [4.78, 5) is 37.7. The van der Waals surface area contributed by atoms with Crippen LogP contribution in [-0.2, 0) is 14.4 Å². The molecule has 1 fully saturated rings. The van der Waals surface area contributed by atoms with E-state index in [1.54, 1.807) is 19.1 Å². The number of nitrogens with two attached hydrogens (primary N) is 1. The molecule has 4 rings (SSSR count). The molecule has 0 aliphatic heterocycles. The van der Waals surface area contributed by atoms with E-state index in [9.17, 15) is 39.9 Å². The zero-order valence-electron chi connectivity index (χ0n) is 15.2. The number of aliphatic hydroxyl groups excluding tert-OH is 3. The molecule has 0 radical (unpaired) electrons. The van der Waals surface area contributed by atoms with Gasteiger partial charge >= 0.3 is 0 Å². The van der Waals surface area contributed by atoms with Crippen LogP contribution in [-0.4, -0.2) is 54.7 Å². The first-order valence-electron chi connectivity index (χ1n) is 8.98. The van der Waals surface area contributed by atoms with Crippen LogP contribution in [0.1, 0.15) is 24.0 Å². The van der Waals surface area contributed by atoms with E-state index in [1.807, 2.05) is 0 Å². The average Bonchev–Trinajstić information content (AvgIpc) is 2.65. The first kappa shape index (κ1) is 19.2. The Labute approximate surface area is 164 Å². The number of phenols is 1. The van der Waals surface area contributed by atoms with Gasteiger partial charge in [0.1, 0.15) is 17.3 Å². The minimum atomic E-state index is -2.90. The molecule has 3 aliphatic rings. The molecule has 1 saturated carbocycles. The van der Waals surface area contributed by atoms with Crippen LogP contribution in [0.25, 0.3) is 5.76 Å². The van der Waals surface area contributed by atoms with Gasteiger partial charge in [0.2, 0.25) is 11.7 Å². The number of aliphatic hydroxyl groups is 4. The quantitative estimate of drug-likeness (QED) is 0.351. The predicted octanol–water partition coefficient (Wildman–Crippen LogP) is -0.188. The Kier molecular flexibility index (Phi) is 3.91. The summed E-state index contributed by atoms with van der Waals surface area (Å²) in [5.41, 5.74) is 2.27. The lowest BCUT2D eigenvalue weighted by atomic mass is 9.55. The number of carbonyl (C=O) groups is 3. The van der Waals surface area contributed by atoms with E-state index in [2.05, 4.69) is 0 Å². The lowest BCUT2D eigenvalue weighted by Crippen LogP contribution is -2.67. The minimum Gasteiger partial charge on any atom is -0.511 e. The number of hydrogen-bond acceptors (Lipinski definition) is 8. The van der Waals surface area contributed by atoms with E-state index in [0.717, 1.165) is 6.08 Å². The molecule has 0 heterocycles.